The van der Waals surface area contributed by atoms with Crippen molar-refractivity contribution >= 4 is 29.8 Å². The summed E-state index contributed by atoms with van der Waals surface area (Å²) in [6.45, 7) is 3.67. The van der Waals surface area contributed by atoms with Gasteiger partial charge in [0, 0.05) is 39.0 Å². The maximum atomic E-state index is 12.2. The Labute approximate surface area is 216 Å². The van der Waals surface area contributed by atoms with Crippen LogP contribution in [-0.2, 0) is 57.1 Å². The fourth-order valence-electron chi connectivity index (χ4n) is 4.47. The van der Waals surface area contributed by atoms with Crippen LogP contribution in [0, 0.1) is 16.0 Å². The van der Waals surface area contributed by atoms with Crippen LogP contribution in [0.15, 0.2) is 0 Å². The maximum absolute atomic E-state index is 12.2. The van der Waals surface area contributed by atoms with Crippen molar-refractivity contribution in [2.24, 2.45) is 5.92 Å². The van der Waals surface area contributed by atoms with Crippen molar-refractivity contribution in [3.05, 3.63) is 10.1 Å². The van der Waals surface area contributed by atoms with E-state index in [1.807, 2.05) is 0 Å². The fraction of sp³-hybridized carbons (Fsp3) is 0.773. The molecule has 1 N–H and O–H groups in total. The van der Waals surface area contributed by atoms with Gasteiger partial charge in [0.1, 0.15) is 24.7 Å². The highest BCUT2D eigenvalue weighted by molar-refractivity contribution is 5.73. The Morgan fingerprint density at radius 2 is 1.45 bits per heavy atom. The average molecular weight is 549 g/mol. The first kappa shape index (κ1) is 30.9. The number of aliphatic hydroxyl groups excluding tert-OH is 1. The molecule has 0 unspecified atom stereocenters. The van der Waals surface area contributed by atoms with Gasteiger partial charge in [0.2, 0.25) is 0 Å². The summed E-state index contributed by atoms with van der Waals surface area (Å²) in [6, 6.07) is -1.70. The minimum atomic E-state index is -1.72. The van der Waals surface area contributed by atoms with Crippen molar-refractivity contribution in [2.45, 2.75) is 89.5 Å². The number of methoxy groups -OCH3 is 1. The lowest BCUT2D eigenvalue weighted by Crippen LogP contribution is -2.64. The number of ether oxygens (including phenoxy) is 7. The Morgan fingerprint density at radius 3 is 1.95 bits per heavy atom. The molecule has 0 bridgehead atoms. The summed E-state index contributed by atoms with van der Waals surface area (Å²) in [4.78, 5) is 70.6. The SMILES string of the molecule is COC(=O)[C@H]1C[C@@H](O)C[C@@H](O[C@@H]2O[C@H](COC(C)=O)[C@@H](OC(C)=O)[C@H](OC(C)=O)[C@H]2OC(C)=O)[C@@H]1[N+](=O)[O-]. The van der Waals surface area contributed by atoms with Gasteiger partial charge in [-0.05, 0) is 6.42 Å². The molecule has 2 rings (SSSR count). The van der Waals surface area contributed by atoms with Crippen molar-refractivity contribution < 1.29 is 67.2 Å². The second-order valence-corrected chi connectivity index (χ2v) is 8.77. The first-order chi connectivity index (χ1) is 17.7. The lowest BCUT2D eigenvalue weighted by atomic mass is 9.81. The molecule has 1 aliphatic heterocycles. The summed E-state index contributed by atoms with van der Waals surface area (Å²) < 4.78 is 37.1. The smallest absolute Gasteiger partial charge is 0.315 e. The van der Waals surface area contributed by atoms with E-state index in [9.17, 15) is 39.2 Å². The van der Waals surface area contributed by atoms with Crippen LogP contribution < -0.4 is 0 Å². The zero-order valence-electron chi connectivity index (χ0n) is 21.4. The molecule has 1 aliphatic carbocycles. The summed E-state index contributed by atoms with van der Waals surface area (Å²) in [6.07, 6.45) is -11.0. The zero-order chi connectivity index (χ0) is 28.7. The summed E-state index contributed by atoms with van der Waals surface area (Å²) in [7, 11) is 1.04. The van der Waals surface area contributed by atoms with Gasteiger partial charge in [0.05, 0.1) is 13.2 Å². The van der Waals surface area contributed by atoms with Crippen molar-refractivity contribution in [1.82, 2.24) is 0 Å². The Kier molecular flexibility index (Phi) is 10.9. The zero-order valence-corrected chi connectivity index (χ0v) is 21.4. The number of hydrogen-bond acceptors (Lipinski definition) is 15. The van der Waals surface area contributed by atoms with Crippen LogP contribution in [0.25, 0.3) is 0 Å². The quantitative estimate of drug-likeness (QED) is 0.159. The molecule has 38 heavy (non-hydrogen) atoms. The molecule has 0 radical (unpaired) electrons. The van der Waals surface area contributed by atoms with Gasteiger partial charge in [-0.15, -0.1) is 0 Å². The number of carbonyl (C=O) groups is 5. The molecule has 2 aliphatic rings. The lowest BCUT2D eigenvalue weighted by molar-refractivity contribution is -0.551. The Hall–Kier alpha value is -3.37. The highest BCUT2D eigenvalue weighted by Gasteiger charge is 2.56. The second kappa shape index (κ2) is 13.4. The van der Waals surface area contributed by atoms with Crippen LogP contribution in [0.1, 0.15) is 40.5 Å². The maximum Gasteiger partial charge on any atom is 0.315 e. The van der Waals surface area contributed by atoms with E-state index >= 15 is 0 Å². The number of carbonyl (C=O) groups excluding carboxylic acids is 5. The molecule has 16 nitrogen and oxygen atoms in total. The molecule has 0 aromatic rings. The molecule has 16 heteroatoms. The van der Waals surface area contributed by atoms with Crippen LogP contribution in [0.3, 0.4) is 0 Å². The number of nitro groups is 1. The average Bonchev–Trinajstić information content (AvgIpc) is 2.79. The number of hydrogen-bond donors (Lipinski definition) is 1. The van der Waals surface area contributed by atoms with E-state index in [2.05, 4.69) is 4.74 Å². The monoisotopic (exact) mass is 549 g/mol. The van der Waals surface area contributed by atoms with E-state index in [4.69, 9.17) is 28.4 Å². The van der Waals surface area contributed by atoms with E-state index in [0.717, 1.165) is 34.8 Å². The first-order valence-corrected chi connectivity index (χ1v) is 11.6. The fourth-order valence-corrected chi connectivity index (χ4v) is 4.47. The van der Waals surface area contributed by atoms with Gasteiger partial charge in [-0.3, -0.25) is 34.1 Å². The molecular weight excluding hydrogens is 518 g/mol. The number of esters is 5. The molecule has 214 valence electrons. The third kappa shape index (κ3) is 8.06. The Bertz CT molecular complexity index is 922. The minimum Gasteiger partial charge on any atom is -0.469 e. The van der Waals surface area contributed by atoms with E-state index < -0.39 is 96.3 Å². The highest BCUT2D eigenvalue weighted by atomic mass is 16.7. The van der Waals surface area contributed by atoms with E-state index in [-0.39, 0.29) is 12.8 Å². The van der Waals surface area contributed by atoms with Crippen LogP contribution >= 0.6 is 0 Å². The van der Waals surface area contributed by atoms with Gasteiger partial charge in [-0.25, -0.2) is 0 Å². The predicted octanol–water partition coefficient (Wildman–Crippen LogP) is -0.956. The van der Waals surface area contributed by atoms with E-state index in [0.29, 0.717) is 0 Å². The van der Waals surface area contributed by atoms with E-state index in [1.54, 1.807) is 0 Å². The van der Waals surface area contributed by atoms with Crippen molar-refractivity contribution in [2.75, 3.05) is 13.7 Å². The van der Waals surface area contributed by atoms with E-state index in [1.165, 1.54) is 0 Å². The second-order valence-electron chi connectivity index (χ2n) is 8.77. The Morgan fingerprint density at radius 1 is 0.895 bits per heavy atom. The molecule has 1 saturated carbocycles. The molecule has 1 saturated heterocycles. The topological polar surface area (TPSA) is 213 Å². The molecule has 0 spiro atoms. The van der Waals surface area contributed by atoms with Gasteiger partial charge in [0.15, 0.2) is 24.6 Å². The highest BCUT2D eigenvalue weighted by Crippen LogP contribution is 2.35. The van der Waals surface area contributed by atoms with Crippen LogP contribution in [-0.4, -0.2) is 103 Å². The van der Waals surface area contributed by atoms with Crippen LogP contribution in [0.5, 0.6) is 0 Å². The summed E-state index contributed by atoms with van der Waals surface area (Å²) in [5.74, 6) is -5.67. The number of nitrogens with zero attached hydrogens (tertiary/aromatic N) is 1. The third-order valence-corrected chi connectivity index (χ3v) is 5.83. The third-order valence-electron chi connectivity index (χ3n) is 5.83. The van der Waals surface area contributed by atoms with Gasteiger partial charge in [-0.2, -0.15) is 0 Å². The standard InChI is InChI=1S/C22H31NO15/c1-9(24)33-8-16-18(34-10(2)25)19(35-11(3)26)20(36-12(4)27)22(38-16)37-15-7-13(28)6-14(21(29)32-5)17(15)23(30)31/h13-20,22,28H,6-8H2,1-5H3/t13-,14+,15-,16-,17-,18-,19+,20-,22-/m1/s1. The van der Waals surface area contributed by atoms with Gasteiger partial charge >= 0.3 is 29.8 Å². The molecule has 1 heterocycles. The van der Waals surface area contributed by atoms with Crippen LogP contribution in [0.2, 0.25) is 0 Å². The van der Waals surface area contributed by atoms with Gasteiger partial charge in [0.25, 0.3) is 6.04 Å². The number of aliphatic hydroxyl groups is 1. The lowest BCUT2D eigenvalue weighted by Gasteiger charge is -2.45. The number of rotatable bonds is 9. The molecule has 0 aromatic carbocycles. The molecule has 9 atom stereocenters. The summed E-state index contributed by atoms with van der Waals surface area (Å²) in [5.41, 5.74) is 0. The van der Waals surface area contributed by atoms with Crippen molar-refractivity contribution in [1.29, 1.82) is 0 Å². The summed E-state index contributed by atoms with van der Waals surface area (Å²) in [5, 5.41) is 22.3. The largest absolute Gasteiger partial charge is 0.469 e. The normalized spacial score (nSPS) is 32.8. The molecular formula is C22H31NO15. The van der Waals surface area contributed by atoms with Crippen molar-refractivity contribution in [3.8, 4) is 0 Å². The van der Waals surface area contributed by atoms with Gasteiger partial charge < -0.3 is 38.3 Å². The van der Waals surface area contributed by atoms with Crippen LogP contribution in [0.4, 0.5) is 0 Å². The Balaban J connectivity index is 2.52. The summed E-state index contributed by atoms with van der Waals surface area (Å²) >= 11 is 0. The van der Waals surface area contributed by atoms with Crippen molar-refractivity contribution in [3.63, 3.8) is 0 Å². The predicted molar refractivity (Wildman–Crippen MR) is 118 cm³/mol. The molecule has 0 aromatic heterocycles. The minimum absolute atomic E-state index is 0.267. The first-order valence-electron chi connectivity index (χ1n) is 11.6. The molecule has 0 amide bonds. The van der Waals surface area contributed by atoms with Gasteiger partial charge in [-0.1, -0.05) is 0 Å². The molecule has 2 fully saturated rings.